The van der Waals surface area contributed by atoms with Gasteiger partial charge in [0.1, 0.15) is 5.82 Å². The summed E-state index contributed by atoms with van der Waals surface area (Å²) in [7, 11) is 0. The number of nitro groups is 1. The van der Waals surface area contributed by atoms with E-state index in [9.17, 15) is 10.1 Å². The van der Waals surface area contributed by atoms with Gasteiger partial charge in [-0.1, -0.05) is 13.8 Å². The van der Waals surface area contributed by atoms with Gasteiger partial charge in [0.2, 0.25) is 0 Å². The van der Waals surface area contributed by atoms with Crippen molar-refractivity contribution in [1.82, 2.24) is 9.97 Å². The van der Waals surface area contributed by atoms with Crippen molar-refractivity contribution < 1.29 is 4.92 Å². The number of benzene rings is 1. The van der Waals surface area contributed by atoms with Crippen LogP contribution in [0.5, 0.6) is 0 Å². The Labute approximate surface area is 92.7 Å². The molecule has 0 spiro atoms. The van der Waals surface area contributed by atoms with E-state index in [4.69, 9.17) is 0 Å². The number of H-pyrrole nitrogens is 1. The minimum Gasteiger partial charge on any atom is -0.342 e. The molecular weight excluding hydrogens is 206 g/mol. The van der Waals surface area contributed by atoms with Gasteiger partial charge in [0, 0.05) is 18.1 Å². The van der Waals surface area contributed by atoms with E-state index < -0.39 is 4.92 Å². The number of aromatic nitrogens is 2. The first kappa shape index (κ1) is 10.6. The molecule has 0 saturated heterocycles. The number of nitro benzene ring substituents is 1. The maximum absolute atomic E-state index is 10.6. The van der Waals surface area contributed by atoms with Crippen LogP contribution in [0, 0.1) is 10.1 Å². The molecule has 0 fully saturated rings. The summed E-state index contributed by atoms with van der Waals surface area (Å²) in [6.07, 6.45) is 0.988. The minimum atomic E-state index is -0.400. The van der Waals surface area contributed by atoms with Gasteiger partial charge in [-0.15, -0.1) is 0 Å². The van der Waals surface area contributed by atoms with Gasteiger partial charge in [-0.05, 0) is 12.5 Å². The van der Waals surface area contributed by atoms with Gasteiger partial charge < -0.3 is 4.98 Å². The molecule has 5 nitrogen and oxygen atoms in total. The monoisotopic (exact) mass is 219 g/mol. The zero-order chi connectivity index (χ0) is 11.7. The van der Waals surface area contributed by atoms with Crippen molar-refractivity contribution in [1.29, 1.82) is 0 Å². The van der Waals surface area contributed by atoms with E-state index in [1.807, 2.05) is 0 Å². The van der Waals surface area contributed by atoms with E-state index in [2.05, 4.69) is 23.8 Å². The van der Waals surface area contributed by atoms with Crippen LogP contribution in [-0.4, -0.2) is 14.9 Å². The van der Waals surface area contributed by atoms with E-state index in [1.54, 1.807) is 6.07 Å². The molecular formula is C11H13N3O2. The number of non-ortho nitro benzene ring substituents is 1. The van der Waals surface area contributed by atoms with Crippen molar-refractivity contribution in [2.45, 2.75) is 26.2 Å². The average molecular weight is 219 g/mol. The summed E-state index contributed by atoms with van der Waals surface area (Å²) >= 11 is 0. The zero-order valence-electron chi connectivity index (χ0n) is 9.23. The SMILES string of the molecule is CCC(C)c1nc2ccc([N+](=O)[O-])cc2[nH]1. The summed E-state index contributed by atoms with van der Waals surface area (Å²) in [5.41, 5.74) is 1.59. The van der Waals surface area contributed by atoms with Crippen LogP contribution in [0.4, 0.5) is 5.69 Å². The van der Waals surface area contributed by atoms with Crippen LogP contribution in [0.25, 0.3) is 11.0 Å². The largest absolute Gasteiger partial charge is 0.342 e. The van der Waals surface area contributed by atoms with E-state index in [0.717, 1.165) is 23.3 Å². The van der Waals surface area contributed by atoms with Crippen LogP contribution in [0.15, 0.2) is 18.2 Å². The van der Waals surface area contributed by atoms with E-state index >= 15 is 0 Å². The Hall–Kier alpha value is -1.91. The average Bonchev–Trinajstić information content (AvgIpc) is 2.70. The Kier molecular flexibility index (Phi) is 2.60. The smallest absolute Gasteiger partial charge is 0.271 e. The molecule has 1 unspecified atom stereocenters. The summed E-state index contributed by atoms with van der Waals surface area (Å²) in [6, 6.07) is 4.67. The number of nitrogens with zero attached hydrogens (tertiary/aromatic N) is 2. The van der Waals surface area contributed by atoms with E-state index in [-0.39, 0.29) is 5.69 Å². The maximum Gasteiger partial charge on any atom is 0.271 e. The second-order valence-corrected chi connectivity index (χ2v) is 3.89. The van der Waals surface area contributed by atoms with Gasteiger partial charge in [0.25, 0.3) is 5.69 Å². The quantitative estimate of drug-likeness (QED) is 0.637. The van der Waals surface area contributed by atoms with Gasteiger partial charge in [-0.2, -0.15) is 0 Å². The molecule has 0 aliphatic rings. The first-order valence-corrected chi connectivity index (χ1v) is 5.26. The van der Waals surface area contributed by atoms with Crippen LogP contribution in [0.1, 0.15) is 32.0 Å². The highest BCUT2D eigenvalue weighted by molar-refractivity contribution is 5.77. The molecule has 0 aliphatic carbocycles. The van der Waals surface area contributed by atoms with E-state index in [1.165, 1.54) is 12.1 Å². The summed E-state index contributed by atoms with van der Waals surface area (Å²) in [5.74, 6) is 1.23. The van der Waals surface area contributed by atoms with Crippen molar-refractivity contribution in [3.63, 3.8) is 0 Å². The third kappa shape index (κ3) is 1.76. The Balaban J connectivity index is 2.49. The van der Waals surface area contributed by atoms with Crippen molar-refractivity contribution in [2.75, 3.05) is 0 Å². The highest BCUT2D eigenvalue weighted by atomic mass is 16.6. The maximum atomic E-state index is 10.6. The van der Waals surface area contributed by atoms with E-state index in [0.29, 0.717) is 5.92 Å². The number of rotatable bonds is 3. The molecule has 0 radical (unpaired) electrons. The molecule has 1 aromatic heterocycles. The molecule has 5 heteroatoms. The van der Waals surface area contributed by atoms with Crippen molar-refractivity contribution in [2.24, 2.45) is 0 Å². The first-order valence-electron chi connectivity index (χ1n) is 5.26. The van der Waals surface area contributed by atoms with Crippen LogP contribution in [0.3, 0.4) is 0 Å². The van der Waals surface area contributed by atoms with Crippen LogP contribution in [-0.2, 0) is 0 Å². The molecule has 1 atom stereocenters. The highest BCUT2D eigenvalue weighted by Gasteiger charge is 2.12. The number of hydrogen-bond donors (Lipinski definition) is 1. The van der Waals surface area contributed by atoms with Gasteiger partial charge in [0.15, 0.2) is 0 Å². The van der Waals surface area contributed by atoms with Crippen LogP contribution < -0.4 is 0 Å². The molecule has 0 aliphatic heterocycles. The molecule has 1 aromatic carbocycles. The Morgan fingerprint density at radius 3 is 2.94 bits per heavy atom. The normalized spacial score (nSPS) is 12.9. The lowest BCUT2D eigenvalue weighted by Crippen LogP contribution is -1.92. The molecule has 1 N–H and O–H groups in total. The Morgan fingerprint density at radius 1 is 1.56 bits per heavy atom. The van der Waals surface area contributed by atoms with Gasteiger partial charge >= 0.3 is 0 Å². The van der Waals surface area contributed by atoms with Gasteiger partial charge in [0.05, 0.1) is 16.0 Å². The molecule has 0 amide bonds. The topological polar surface area (TPSA) is 71.8 Å². The number of nitrogens with one attached hydrogen (secondary N) is 1. The summed E-state index contributed by atoms with van der Waals surface area (Å²) in [5, 5.41) is 10.6. The predicted molar refractivity (Wildman–Crippen MR) is 61.5 cm³/mol. The number of fused-ring (bicyclic) bond motifs is 1. The van der Waals surface area contributed by atoms with Gasteiger partial charge in [-0.3, -0.25) is 10.1 Å². The van der Waals surface area contributed by atoms with Crippen molar-refractivity contribution in [3.8, 4) is 0 Å². The Morgan fingerprint density at radius 2 is 2.31 bits per heavy atom. The second kappa shape index (κ2) is 3.92. The predicted octanol–water partition coefficient (Wildman–Crippen LogP) is 2.98. The molecule has 2 rings (SSSR count). The molecule has 2 aromatic rings. The van der Waals surface area contributed by atoms with Crippen molar-refractivity contribution in [3.05, 3.63) is 34.1 Å². The number of hydrogen-bond acceptors (Lipinski definition) is 3. The lowest BCUT2D eigenvalue weighted by atomic mass is 10.1. The fourth-order valence-corrected chi connectivity index (χ4v) is 1.56. The molecule has 1 heterocycles. The minimum absolute atomic E-state index is 0.0897. The first-order chi connectivity index (χ1) is 7.61. The number of aromatic amines is 1. The molecule has 16 heavy (non-hydrogen) atoms. The third-order valence-electron chi connectivity index (χ3n) is 2.77. The lowest BCUT2D eigenvalue weighted by Gasteiger charge is -2.01. The fraction of sp³-hybridized carbons (Fsp3) is 0.364. The number of imidazole rings is 1. The molecule has 84 valence electrons. The third-order valence-corrected chi connectivity index (χ3v) is 2.77. The highest BCUT2D eigenvalue weighted by Crippen LogP contribution is 2.22. The molecule has 0 bridgehead atoms. The van der Waals surface area contributed by atoms with Crippen LogP contribution in [0.2, 0.25) is 0 Å². The standard InChI is InChI=1S/C11H13N3O2/c1-3-7(2)11-12-9-5-4-8(14(15)16)6-10(9)13-11/h4-7H,3H2,1-2H3,(H,12,13). The Bertz CT molecular complexity index is 533. The van der Waals surface area contributed by atoms with Gasteiger partial charge in [-0.25, -0.2) is 4.98 Å². The van der Waals surface area contributed by atoms with Crippen molar-refractivity contribution >= 4 is 16.7 Å². The summed E-state index contributed by atoms with van der Waals surface area (Å²) in [4.78, 5) is 17.7. The summed E-state index contributed by atoms with van der Waals surface area (Å²) in [6.45, 7) is 4.16. The fourth-order valence-electron chi connectivity index (χ4n) is 1.56. The lowest BCUT2D eigenvalue weighted by molar-refractivity contribution is -0.384. The zero-order valence-corrected chi connectivity index (χ0v) is 9.23. The molecule has 0 saturated carbocycles. The second-order valence-electron chi connectivity index (χ2n) is 3.89. The van der Waals surface area contributed by atoms with Crippen LogP contribution >= 0.6 is 0 Å². The summed E-state index contributed by atoms with van der Waals surface area (Å²) < 4.78 is 0.